The lowest BCUT2D eigenvalue weighted by Gasteiger charge is -2.34. The highest BCUT2D eigenvalue weighted by molar-refractivity contribution is 6.13. The Morgan fingerprint density at radius 1 is 0.388 bits per heavy atom. The molecule has 0 N–H and O–H groups in total. The van der Waals surface area contributed by atoms with Crippen molar-refractivity contribution in [1.82, 2.24) is 0 Å². The molecular formula is C47H31NO. The zero-order valence-electron chi connectivity index (χ0n) is 26.8. The Morgan fingerprint density at radius 3 is 1.73 bits per heavy atom. The standard InChI is InChI=1S/C47H31NO/c1-4-16-32(17-5-1)47(33-18-6-2-7-19-33)40-26-12-10-23-39(40)45-37-24-14-27-42(35(37)30-31-41(45)47)48(34-20-8-3-9-21-34)43-28-15-25-38-36-22-11-13-29-44(36)49-46(38)43/h1-31H. The minimum Gasteiger partial charge on any atom is -0.454 e. The first-order valence-corrected chi connectivity index (χ1v) is 16.9. The molecule has 1 aliphatic rings. The topological polar surface area (TPSA) is 16.4 Å². The number of rotatable bonds is 5. The predicted octanol–water partition coefficient (Wildman–Crippen LogP) is 12.6. The van der Waals surface area contributed by atoms with Gasteiger partial charge in [0.25, 0.3) is 0 Å². The molecule has 0 saturated carbocycles. The molecule has 0 atom stereocenters. The van der Waals surface area contributed by atoms with Crippen LogP contribution in [0.5, 0.6) is 0 Å². The van der Waals surface area contributed by atoms with Crippen LogP contribution >= 0.6 is 0 Å². The molecule has 0 radical (unpaired) electrons. The van der Waals surface area contributed by atoms with Gasteiger partial charge in [-0.05, 0) is 69.1 Å². The number of furan rings is 1. The second kappa shape index (κ2) is 10.8. The SMILES string of the molecule is c1ccc(N(c2cccc3c4c(ccc23)C(c2ccccc2)(c2ccccc2)c2ccccc2-4)c2cccc3c2oc2ccccc23)cc1. The smallest absolute Gasteiger partial charge is 0.159 e. The number of nitrogens with zero attached hydrogens (tertiary/aromatic N) is 1. The van der Waals surface area contributed by atoms with E-state index in [-0.39, 0.29) is 0 Å². The molecule has 1 heterocycles. The molecule has 1 aromatic heterocycles. The van der Waals surface area contributed by atoms with Crippen molar-refractivity contribution < 1.29 is 4.42 Å². The summed E-state index contributed by atoms with van der Waals surface area (Å²) in [6.45, 7) is 0. The van der Waals surface area contributed by atoms with Crippen molar-refractivity contribution in [2.45, 2.75) is 5.41 Å². The lowest BCUT2D eigenvalue weighted by atomic mass is 9.67. The normalized spacial score (nSPS) is 13.1. The summed E-state index contributed by atoms with van der Waals surface area (Å²) in [5, 5.41) is 4.65. The Labute approximate surface area is 285 Å². The summed E-state index contributed by atoms with van der Waals surface area (Å²) in [4.78, 5) is 2.36. The fourth-order valence-corrected chi connectivity index (χ4v) is 8.37. The van der Waals surface area contributed by atoms with E-state index in [4.69, 9.17) is 4.42 Å². The highest BCUT2D eigenvalue weighted by atomic mass is 16.3. The van der Waals surface area contributed by atoms with Crippen LogP contribution in [0.1, 0.15) is 22.3 Å². The van der Waals surface area contributed by atoms with E-state index in [1.807, 2.05) is 6.07 Å². The Balaban J connectivity index is 1.29. The average Bonchev–Trinajstić information content (AvgIpc) is 3.71. The zero-order valence-corrected chi connectivity index (χ0v) is 26.8. The summed E-state index contributed by atoms with van der Waals surface area (Å²) in [5.41, 5.74) is 12.2. The molecule has 0 saturated heterocycles. The van der Waals surface area contributed by atoms with Gasteiger partial charge >= 0.3 is 0 Å². The number of hydrogen-bond donors (Lipinski definition) is 0. The third kappa shape index (κ3) is 3.95. The molecule has 2 heteroatoms. The van der Waals surface area contributed by atoms with Crippen molar-refractivity contribution in [2.24, 2.45) is 0 Å². The van der Waals surface area contributed by atoms with E-state index in [9.17, 15) is 0 Å². The summed E-state index contributed by atoms with van der Waals surface area (Å²) in [6.07, 6.45) is 0. The van der Waals surface area contributed by atoms with Crippen molar-refractivity contribution in [3.05, 3.63) is 210 Å². The molecule has 0 aliphatic heterocycles. The van der Waals surface area contributed by atoms with Gasteiger partial charge in [-0.15, -0.1) is 0 Å². The third-order valence-corrected chi connectivity index (χ3v) is 10.3. The molecule has 49 heavy (non-hydrogen) atoms. The maximum absolute atomic E-state index is 6.62. The van der Waals surface area contributed by atoms with Crippen LogP contribution in [0.3, 0.4) is 0 Å². The molecule has 1 aliphatic carbocycles. The summed E-state index contributed by atoms with van der Waals surface area (Å²) < 4.78 is 6.62. The molecule has 0 spiro atoms. The fourth-order valence-electron chi connectivity index (χ4n) is 8.37. The summed E-state index contributed by atoms with van der Waals surface area (Å²) in [6, 6.07) is 67.9. The lowest BCUT2D eigenvalue weighted by Crippen LogP contribution is -2.28. The van der Waals surface area contributed by atoms with E-state index in [2.05, 4.69) is 187 Å². The second-order valence-electron chi connectivity index (χ2n) is 12.8. The first kappa shape index (κ1) is 27.7. The number of anilines is 3. The number of benzene rings is 8. The van der Waals surface area contributed by atoms with Crippen LogP contribution in [-0.4, -0.2) is 0 Å². The van der Waals surface area contributed by atoms with Gasteiger partial charge in [-0.1, -0.05) is 158 Å². The summed E-state index contributed by atoms with van der Waals surface area (Å²) in [7, 11) is 0. The minimum absolute atomic E-state index is 0.447. The molecule has 230 valence electrons. The largest absolute Gasteiger partial charge is 0.454 e. The van der Waals surface area contributed by atoms with Crippen LogP contribution in [0.2, 0.25) is 0 Å². The van der Waals surface area contributed by atoms with Crippen molar-refractivity contribution in [1.29, 1.82) is 0 Å². The Morgan fingerprint density at radius 2 is 0.980 bits per heavy atom. The molecule has 0 unspecified atom stereocenters. The van der Waals surface area contributed by atoms with Crippen molar-refractivity contribution in [3.8, 4) is 11.1 Å². The molecule has 0 bridgehead atoms. The van der Waals surface area contributed by atoms with Gasteiger partial charge in [0.1, 0.15) is 5.58 Å². The highest BCUT2D eigenvalue weighted by Gasteiger charge is 2.46. The van der Waals surface area contributed by atoms with Gasteiger partial charge < -0.3 is 9.32 Å². The lowest BCUT2D eigenvalue weighted by molar-refractivity contribution is 0.669. The maximum Gasteiger partial charge on any atom is 0.159 e. The molecule has 2 nitrogen and oxygen atoms in total. The first-order valence-electron chi connectivity index (χ1n) is 16.9. The molecule has 10 rings (SSSR count). The average molecular weight is 626 g/mol. The van der Waals surface area contributed by atoms with Gasteiger partial charge in [0.2, 0.25) is 0 Å². The minimum atomic E-state index is -0.447. The van der Waals surface area contributed by atoms with E-state index in [0.29, 0.717) is 0 Å². The van der Waals surface area contributed by atoms with Crippen LogP contribution in [0.25, 0.3) is 43.8 Å². The fraction of sp³-hybridized carbons (Fsp3) is 0.0213. The number of para-hydroxylation sites is 3. The van der Waals surface area contributed by atoms with Crippen molar-refractivity contribution >= 4 is 49.8 Å². The van der Waals surface area contributed by atoms with Crippen LogP contribution in [0.4, 0.5) is 17.1 Å². The van der Waals surface area contributed by atoms with E-state index < -0.39 is 5.41 Å². The number of hydrogen-bond acceptors (Lipinski definition) is 2. The van der Waals surface area contributed by atoms with Gasteiger partial charge in [-0.3, -0.25) is 0 Å². The Hall–Kier alpha value is -6.38. The number of fused-ring (bicyclic) bond motifs is 8. The molecule has 8 aromatic carbocycles. The molecular weight excluding hydrogens is 595 g/mol. The quantitative estimate of drug-likeness (QED) is 0.189. The van der Waals surface area contributed by atoms with Gasteiger partial charge in [-0.25, -0.2) is 0 Å². The zero-order chi connectivity index (χ0) is 32.4. The monoisotopic (exact) mass is 625 g/mol. The van der Waals surface area contributed by atoms with Crippen LogP contribution in [-0.2, 0) is 5.41 Å². The molecule has 0 amide bonds. The van der Waals surface area contributed by atoms with Crippen molar-refractivity contribution in [2.75, 3.05) is 4.90 Å². The van der Waals surface area contributed by atoms with Crippen LogP contribution in [0.15, 0.2) is 192 Å². The maximum atomic E-state index is 6.62. The van der Waals surface area contributed by atoms with E-state index >= 15 is 0 Å². The van der Waals surface area contributed by atoms with Crippen LogP contribution in [0, 0.1) is 0 Å². The summed E-state index contributed by atoms with van der Waals surface area (Å²) >= 11 is 0. The van der Waals surface area contributed by atoms with Crippen LogP contribution < -0.4 is 4.90 Å². The Bertz CT molecular complexity index is 2620. The van der Waals surface area contributed by atoms with Gasteiger partial charge in [0, 0.05) is 21.8 Å². The van der Waals surface area contributed by atoms with E-state index in [0.717, 1.165) is 39.0 Å². The van der Waals surface area contributed by atoms with Gasteiger partial charge in [0.05, 0.1) is 16.8 Å². The van der Waals surface area contributed by atoms with Gasteiger partial charge in [0.15, 0.2) is 5.58 Å². The van der Waals surface area contributed by atoms with Gasteiger partial charge in [-0.2, -0.15) is 0 Å². The van der Waals surface area contributed by atoms with E-state index in [1.165, 1.54) is 44.2 Å². The summed E-state index contributed by atoms with van der Waals surface area (Å²) in [5.74, 6) is 0. The van der Waals surface area contributed by atoms with E-state index in [1.54, 1.807) is 0 Å². The first-order chi connectivity index (χ1) is 24.3. The molecule has 9 aromatic rings. The Kier molecular flexibility index (Phi) is 6.13. The van der Waals surface area contributed by atoms with Crippen molar-refractivity contribution in [3.63, 3.8) is 0 Å². The highest BCUT2D eigenvalue weighted by Crippen LogP contribution is 2.58. The molecule has 0 fully saturated rings. The predicted molar refractivity (Wildman–Crippen MR) is 203 cm³/mol. The third-order valence-electron chi connectivity index (χ3n) is 10.3. The second-order valence-corrected chi connectivity index (χ2v) is 12.8.